The highest BCUT2D eigenvalue weighted by Gasteiger charge is 2.60. The number of β-lactam (4-membered cyclic amide) rings is 1. The van der Waals surface area contributed by atoms with Crippen molar-refractivity contribution in [2.24, 2.45) is 17.8 Å². The van der Waals surface area contributed by atoms with Crippen LogP contribution in [0.15, 0.2) is 108 Å². The Morgan fingerprint density at radius 3 is 2.14 bits per heavy atom. The molecule has 4 aromatic rings. The molecule has 0 saturated carbocycles. The maximum atomic E-state index is 16.3. The number of amides is 1. The Balaban J connectivity index is 1.07. The van der Waals surface area contributed by atoms with E-state index in [1.165, 1.54) is 24.0 Å². The predicted molar refractivity (Wildman–Crippen MR) is 208 cm³/mol. The second kappa shape index (κ2) is 17.3. The zero-order valence-electron chi connectivity index (χ0n) is 32.2. The Morgan fingerprint density at radius 1 is 0.898 bits per heavy atom. The number of benzene rings is 4. The smallest absolute Gasteiger partial charge is 0.362 e. The van der Waals surface area contributed by atoms with Crippen LogP contribution in [0.3, 0.4) is 0 Å². The van der Waals surface area contributed by atoms with E-state index in [-0.39, 0.29) is 73.3 Å². The Hall–Kier alpha value is -6.29. The average molecular weight is 808 g/mol. The molecule has 2 saturated heterocycles. The number of carbonyl (C=O) groups excluding carboxylic acids is 4. The molecular weight excluding hydrogens is 765 g/mol. The molecule has 0 spiro atoms. The van der Waals surface area contributed by atoms with Crippen LogP contribution in [0.1, 0.15) is 52.1 Å². The minimum atomic E-state index is -1.11. The van der Waals surface area contributed by atoms with E-state index < -0.39 is 70.4 Å². The molecule has 0 aliphatic carbocycles. The van der Waals surface area contributed by atoms with Crippen molar-refractivity contribution in [2.45, 2.75) is 51.7 Å². The van der Waals surface area contributed by atoms with Crippen LogP contribution in [0.25, 0.3) is 0 Å². The maximum absolute atomic E-state index is 16.3. The van der Waals surface area contributed by atoms with Crippen molar-refractivity contribution in [2.75, 3.05) is 19.6 Å². The summed E-state index contributed by atoms with van der Waals surface area (Å²) in [5.74, 6) is -6.17. The Bertz CT molecular complexity index is 2280. The maximum Gasteiger partial charge on any atom is 0.362 e. The standard InChI is InChI=1S/C44H42FN3O11/c1-25-33(40(47-39(25)37(26(2)49)42(47)52)44(54)59-43(53)29-13-15-31(16-14-29)48(55)56)21-46-20-30(35(51)22-46)19-34(50)32-17-18-36(57-23-27-9-5-3-6-10-27)41(38(32)45)58-24-28-11-7-4-8-12-28/h3-18,25-26,30,35,37,39,49,51H,19-24H2,1-2H3/t25-,26+,30?,35-,37+,39+/m0/s1. The first-order valence-corrected chi connectivity index (χ1v) is 19.2. The van der Waals surface area contributed by atoms with Gasteiger partial charge in [0.05, 0.1) is 40.2 Å². The molecular formula is C44H42FN3O11. The molecule has 14 nitrogen and oxygen atoms in total. The average Bonchev–Trinajstić information content (AvgIpc) is 3.69. The number of β-amino-alcohol motifs (C(OH)–C–C–N with tert-alkyl or cyclic N) is 1. The highest BCUT2D eigenvalue weighted by Crippen LogP contribution is 2.48. The van der Waals surface area contributed by atoms with Gasteiger partial charge in [-0.05, 0) is 47.9 Å². The molecule has 59 heavy (non-hydrogen) atoms. The van der Waals surface area contributed by atoms with Gasteiger partial charge in [-0.3, -0.25) is 24.6 Å². The molecule has 1 unspecified atom stereocenters. The van der Waals surface area contributed by atoms with E-state index >= 15 is 4.39 Å². The largest absolute Gasteiger partial charge is 0.485 e. The summed E-state index contributed by atoms with van der Waals surface area (Å²) in [6.07, 6.45) is -2.26. The number of likely N-dealkylation sites (tertiary alicyclic amines) is 1. The fraction of sp³-hybridized carbons (Fsp3) is 0.318. The molecule has 3 aliphatic heterocycles. The molecule has 4 aromatic carbocycles. The monoisotopic (exact) mass is 807 g/mol. The van der Waals surface area contributed by atoms with Gasteiger partial charge < -0.3 is 29.3 Å². The fourth-order valence-electron chi connectivity index (χ4n) is 8.08. The molecule has 15 heteroatoms. The van der Waals surface area contributed by atoms with Crippen LogP contribution in [0, 0.1) is 33.7 Å². The van der Waals surface area contributed by atoms with E-state index in [0.29, 0.717) is 5.57 Å². The molecule has 0 radical (unpaired) electrons. The summed E-state index contributed by atoms with van der Waals surface area (Å²) in [6.45, 7) is 3.71. The number of aliphatic hydroxyl groups is 2. The second-order valence-electron chi connectivity index (χ2n) is 15.1. The van der Waals surface area contributed by atoms with Gasteiger partial charge >= 0.3 is 11.9 Å². The number of non-ortho nitro benzene ring substituents is 1. The number of esters is 2. The number of fused-ring (bicyclic) bond motifs is 1. The number of carbonyl (C=O) groups is 4. The van der Waals surface area contributed by atoms with Gasteiger partial charge in [0.2, 0.25) is 5.91 Å². The highest BCUT2D eigenvalue weighted by atomic mass is 19.1. The number of hydrogen-bond donors (Lipinski definition) is 2. The molecule has 0 bridgehead atoms. The number of ketones is 1. The van der Waals surface area contributed by atoms with Gasteiger partial charge in [-0.25, -0.2) is 14.0 Å². The normalized spacial score (nSPS) is 21.7. The van der Waals surface area contributed by atoms with Crippen LogP contribution in [0.5, 0.6) is 11.5 Å². The van der Waals surface area contributed by atoms with Gasteiger partial charge in [-0.2, -0.15) is 0 Å². The Kier molecular flexibility index (Phi) is 12.0. The van der Waals surface area contributed by atoms with E-state index in [2.05, 4.69) is 0 Å². The summed E-state index contributed by atoms with van der Waals surface area (Å²) in [5, 5.41) is 32.6. The number of ether oxygens (including phenoxy) is 3. The summed E-state index contributed by atoms with van der Waals surface area (Å²) < 4.78 is 33.4. The van der Waals surface area contributed by atoms with Gasteiger partial charge in [0, 0.05) is 50.0 Å². The van der Waals surface area contributed by atoms with E-state index in [1.54, 1.807) is 11.8 Å². The molecule has 2 N–H and O–H groups in total. The first kappa shape index (κ1) is 40.9. The van der Waals surface area contributed by atoms with Crippen molar-refractivity contribution in [3.05, 3.63) is 147 Å². The number of nitrogens with zero attached hydrogens (tertiary/aromatic N) is 3. The Labute approximate surface area is 338 Å². The molecule has 306 valence electrons. The zero-order chi connectivity index (χ0) is 42.0. The van der Waals surface area contributed by atoms with E-state index in [0.717, 1.165) is 35.4 Å². The zero-order valence-corrected chi connectivity index (χ0v) is 32.2. The predicted octanol–water partition coefficient (Wildman–Crippen LogP) is 5.25. The first-order chi connectivity index (χ1) is 28.3. The SMILES string of the molecule is C[C@@H](O)[C@H]1C(=O)N2C(C(=O)OC(=O)c3ccc([N+](=O)[O-])cc3)=C(CN3CC(CC(=O)c4ccc(OCc5ccccc5)c(OCc5ccccc5)c4F)[C@@H](O)C3)[C@H](C)[C@H]12. The van der Waals surface area contributed by atoms with Crippen LogP contribution < -0.4 is 9.47 Å². The van der Waals surface area contributed by atoms with Crippen molar-refractivity contribution >= 4 is 29.3 Å². The summed E-state index contributed by atoms with van der Waals surface area (Å²) >= 11 is 0. The summed E-state index contributed by atoms with van der Waals surface area (Å²) in [4.78, 5) is 67.1. The number of nitro benzene ring substituents is 1. The minimum Gasteiger partial charge on any atom is -0.485 e. The van der Waals surface area contributed by atoms with Crippen LogP contribution in [-0.4, -0.2) is 86.4 Å². The summed E-state index contributed by atoms with van der Waals surface area (Å²) in [5.41, 5.74) is 1.29. The number of Topliss-reactive ketones (excluding diaryl/α,β-unsaturated/α-hetero) is 1. The van der Waals surface area contributed by atoms with Crippen LogP contribution >= 0.6 is 0 Å². The summed E-state index contributed by atoms with van der Waals surface area (Å²) in [6, 6.07) is 25.2. The van der Waals surface area contributed by atoms with Crippen LogP contribution in [0.2, 0.25) is 0 Å². The van der Waals surface area contributed by atoms with E-state index in [9.17, 15) is 39.5 Å². The lowest BCUT2D eigenvalue weighted by atomic mass is 9.77. The quantitative estimate of drug-likeness (QED) is 0.0398. The van der Waals surface area contributed by atoms with Crippen molar-refractivity contribution in [3.63, 3.8) is 0 Å². The summed E-state index contributed by atoms with van der Waals surface area (Å²) in [7, 11) is 0. The molecule has 3 heterocycles. The molecule has 2 fully saturated rings. The third kappa shape index (κ3) is 8.49. The highest BCUT2D eigenvalue weighted by molar-refractivity contribution is 6.06. The van der Waals surface area contributed by atoms with Gasteiger partial charge in [-0.1, -0.05) is 67.6 Å². The molecule has 6 atom stereocenters. The molecule has 1 amide bonds. The number of halogens is 1. The lowest BCUT2D eigenvalue weighted by Crippen LogP contribution is -2.63. The van der Waals surface area contributed by atoms with Crippen molar-refractivity contribution in [1.29, 1.82) is 0 Å². The second-order valence-corrected chi connectivity index (χ2v) is 15.1. The lowest BCUT2D eigenvalue weighted by molar-refractivity contribution is -0.384. The Morgan fingerprint density at radius 2 is 1.53 bits per heavy atom. The third-order valence-corrected chi connectivity index (χ3v) is 11.2. The topological polar surface area (TPSA) is 186 Å². The van der Waals surface area contributed by atoms with Crippen LogP contribution in [-0.2, 0) is 27.5 Å². The van der Waals surface area contributed by atoms with Crippen molar-refractivity contribution in [1.82, 2.24) is 9.80 Å². The van der Waals surface area contributed by atoms with Crippen molar-refractivity contribution in [3.8, 4) is 11.5 Å². The number of nitro groups is 1. The molecule has 0 aromatic heterocycles. The number of hydrogen-bond acceptors (Lipinski definition) is 12. The van der Waals surface area contributed by atoms with Gasteiger partial charge in [0.1, 0.15) is 18.9 Å². The molecule has 7 rings (SSSR count). The fourth-order valence-corrected chi connectivity index (χ4v) is 8.08. The van der Waals surface area contributed by atoms with Gasteiger partial charge in [0.25, 0.3) is 5.69 Å². The third-order valence-electron chi connectivity index (χ3n) is 11.2. The van der Waals surface area contributed by atoms with E-state index in [1.807, 2.05) is 60.7 Å². The van der Waals surface area contributed by atoms with Gasteiger partial charge in [-0.15, -0.1) is 0 Å². The first-order valence-electron chi connectivity index (χ1n) is 19.2. The lowest BCUT2D eigenvalue weighted by Gasteiger charge is -2.46. The van der Waals surface area contributed by atoms with Crippen molar-refractivity contribution < 1.29 is 52.9 Å². The molecule has 3 aliphatic rings. The number of aliphatic hydroxyl groups excluding tert-OH is 2. The van der Waals surface area contributed by atoms with Crippen LogP contribution in [0.4, 0.5) is 10.1 Å². The van der Waals surface area contributed by atoms with Gasteiger partial charge in [0.15, 0.2) is 23.1 Å². The minimum absolute atomic E-state index is 0.0181. The number of rotatable bonds is 15. The van der Waals surface area contributed by atoms with E-state index in [4.69, 9.17) is 14.2 Å².